The molecule has 1 saturated carbocycles. The number of amides is 1. The molecule has 1 amide bonds. The highest BCUT2D eigenvalue weighted by atomic mass is 35.5. The van der Waals surface area contributed by atoms with Crippen molar-refractivity contribution in [2.75, 3.05) is 24.3 Å². The van der Waals surface area contributed by atoms with Crippen LogP contribution in [0, 0.1) is 0 Å². The highest BCUT2D eigenvalue weighted by Crippen LogP contribution is 2.24. The van der Waals surface area contributed by atoms with Crippen molar-refractivity contribution < 1.29 is 9.53 Å². The van der Waals surface area contributed by atoms with Gasteiger partial charge in [-0.1, -0.05) is 0 Å². The van der Waals surface area contributed by atoms with Gasteiger partial charge in [-0.15, -0.1) is 12.4 Å². The molecule has 1 N–H and O–H groups in total. The first kappa shape index (κ1) is 16.3. The first-order chi connectivity index (χ1) is 9.10. The summed E-state index contributed by atoms with van der Waals surface area (Å²) >= 11 is 0. The van der Waals surface area contributed by atoms with Crippen LogP contribution in [0.3, 0.4) is 0 Å². The Morgan fingerprint density at radius 1 is 1.35 bits per heavy atom. The van der Waals surface area contributed by atoms with E-state index in [0.717, 1.165) is 30.1 Å². The van der Waals surface area contributed by atoms with E-state index >= 15 is 0 Å². The molecule has 0 unspecified atom stereocenters. The van der Waals surface area contributed by atoms with Crippen molar-refractivity contribution in [2.24, 2.45) is 4.99 Å². The lowest BCUT2D eigenvalue weighted by molar-refractivity contribution is 0.154. The van der Waals surface area contributed by atoms with Crippen LogP contribution >= 0.6 is 12.4 Å². The zero-order valence-corrected chi connectivity index (χ0v) is 12.7. The van der Waals surface area contributed by atoms with E-state index in [-0.39, 0.29) is 24.6 Å². The molecule has 0 spiro atoms. The first-order valence-electron chi connectivity index (χ1n) is 6.35. The lowest BCUT2D eigenvalue weighted by Crippen LogP contribution is -2.23. The number of amidine groups is 1. The van der Waals surface area contributed by atoms with Crippen LogP contribution in [0.5, 0.6) is 0 Å². The smallest absolute Gasteiger partial charge is 0.411 e. The SMILES string of the molecule is CN=C(C)N(C)c1ccc(NC(=O)OC2CC2)cc1.Cl. The van der Waals surface area contributed by atoms with Crippen molar-refractivity contribution in [1.82, 2.24) is 0 Å². The van der Waals surface area contributed by atoms with Gasteiger partial charge < -0.3 is 9.64 Å². The number of nitrogens with one attached hydrogen (secondary N) is 1. The second kappa shape index (κ2) is 7.14. The molecule has 2 rings (SSSR count). The van der Waals surface area contributed by atoms with Gasteiger partial charge in [0.05, 0.1) is 5.84 Å². The van der Waals surface area contributed by atoms with Crippen molar-refractivity contribution >= 4 is 35.7 Å². The summed E-state index contributed by atoms with van der Waals surface area (Å²) in [5.41, 5.74) is 1.75. The number of nitrogens with zero attached hydrogens (tertiary/aromatic N) is 2. The molecule has 1 fully saturated rings. The zero-order valence-electron chi connectivity index (χ0n) is 11.9. The number of ether oxygens (including phenoxy) is 1. The van der Waals surface area contributed by atoms with Crippen LogP contribution in [-0.4, -0.2) is 32.1 Å². The van der Waals surface area contributed by atoms with E-state index < -0.39 is 0 Å². The highest BCUT2D eigenvalue weighted by molar-refractivity contribution is 5.95. The predicted octanol–water partition coefficient (Wildman–Crippen LogP) is 3.30. The first-order valence-corrected chi connectivity index (χ1v) is 6.35. The molecule has 0 aliphatic heterocycles. The van der Waals surface area contributed by atoms with Gasteiger partial charge >= 0.3 is 6.09 Å². The molecule has 1 aliphatic rings. The van der Waals surface area contributed by atoms with E-state index in [9.17, 15) is 4.79 Å². The average Bonchev–Trinajstić information content (AvgIpc) is 3.21. The molecule has 0 aromatic heterocycles. The zero-order chi connectivity index (χ0) is 13.8. The molecule has 0 bridgehead atoms. The van der Waals surface area contributed by atoms with E-state index in [1.807, 2.05) is 43.1 Å². The van der Waals surface area contributed by atoms with Crippen LogP contribution in [0.2, 0.25) is 0 Å². The van der Waals surface area contributed by atoms with E-state index in [0.29, 0.717) is 0 Å². The Morgan fingerprint density at radius 3 is 2.45 bits per heavy atom. The summed E-state index contributed by atoms with van der Waals surface area (Å²) in [6.45, 7) is 1.94. The monoisotopic (exact) mass is 297 g/mol. The van der Waals surface area contributed by atoms with Gasteiger partial charge in [0.2, 0.25) is 0 Å². The minimum Gasteiger partial charge on any atom is -0.446 e. The van der Waals surface area contributed by atoms with Crippen LogP contribution in [-0.2, 0) is 4.74 Å². The van der Waals surface area contributed by atoms with Gasteiger partial charge in [0.25, 0.3) is 0 Å². The van der Waals surface area contributed by atoms with Gasteiger partial charge in [0.15, 0.2) is 0 Å². The fourth-order valence-corrected chi connectivity index (χ4v) is 1.59. The van der Waals surface area contributed by atoms with Crippen LogP contribution in [0.25, 0.3) is 0 Å². The van der Waals surface area contributed by atoms with Gasteiger partial charge in [0, 0.05) is 25.5 Å². The Balaban J connectivity index is 0.00000200. The normalized spacial score (nSPS) is 14.2. The minimum atomic E-state index is -0.380. The van der Waals surface area contributed by atoms with Crippen molar-refractivity contribution in [2.45, 2.75) is 25.9 Å². The molecule has 1 aromatic rings. The number of benzene rings is 1. The summed E-state index contributed by atoms with van der Waals surface area (Å²) in [7, 11) is 3.71. The number of hydrogen-bond donors (Lipinski definition) is 1. The van der Waals surface area contributed by atoms with Gasteiger partial charge in [-0.3, -0.25) is 10.3 Å². The quantitative estimate of drug-likeness (QED) is 0.688. The topological polar surface area (TPSA) is 53.9 Å². The number of anilines is 2. The average molecular weight is 298 g/mol. The van der Waals surface area contributed by atoms with E-state index in [4.69, 9.17) is 4.74 Å². The maximum Gasteiger partial charge on any atom is 0.411 e. The van der Waals surface area contributed by atoms with E-state index in [1.54, 1.807) is 7.05 Å². The molecule has 6 heteroatoms. The Morgan fingerprint density at radius 2 is 1.95 bits per heavy atom. The fraction of sp³-hybridized carbons (Fsp3) is 0.429. The van der Waals surface area contributed by atoms with E-state index in [2.05, 4.69) is 10.3 Å². The summed E-state index contributed by atoms with van der Waals surface area (Å²) in [4.78, 5) is 17.6. The second-order valence-electron chi connectivity index (χ2n) is 4.61. The molecule has 110 valence electrons. The van der Waals surface area contributed by atoms with Gasteiger partial charge in [0.1, 0.15) is 6.10 Å². The van der Waals surface area contributed by atoms with E-state index in [1.165, 1.54) is 0 Å². The van der Waals surface area contributed by atoms with Crippen LogP contribution in [0.4, 0.5) is 16.2 Å². The summed E-state index contributed by atoms with van der Waals surface area (Å²) in [6, 6.07) is 7.56. The number of carbonyl (C=O) groups excluding carboxylic acids is 1. The second-order valence-corrected chi connectivity index (χ2v) is 4.61. The lowest BCUT2D eigenvalue weighted by atomic mass is 10.2. The number of halogens is 1. The van der Waals surface area contributed by atoms with Crippen molar-refractivity contribution in [3.63, 3.8) is 0 Å². The largest absolute Gasteiger partial charge is 0.446 e. The fourth-order valence-electron chi connectivity index (χ4n) is 1.59. The van der Waals surface area contributed by atoms with Crippen molar-refractivity contribution in [1.29, 1.82) is 0 Å². The number of hydrogen-bond acceptors (Lipinski definition) is 3. The molecule has 0 heterocycles. The summed E-state index contributed by atoms with van der Waals surface area (Å²) < 4.78 is 5.12. The van der Waals surface area contributed by atoms with Crippen molar-refractivity contribution in [3.05, 3.63) is 24.3 Å². The third-order valence-corrected chi connectivity index (χ3v) is 3.11. The highest BCUT2D eigenvalue weighted by Gasteiger charge is 2.25. The Kier molecular flexibility index (Phi) is 5.82. The molecule has 1 aromatic carbocycles. The number of rotatable bonds is 3. The Hall–Kier alpha value is -1.75. The number of aliphatic imine (C=N–C) groups is 1. The molecule has 5 nitrogen and oxygen atoms in total. The third kappa shape index (κ3) is 4.42. The maximum absolute atomic E-state index is 11.5. The van der Waals surface area contributed by atoms with Gasteiger partial charge in [-0.25, -0.2) is 4.79 Å². The molecule has 0 saturated heterocycles. The molecule has 0 radical (unpaired) electrons. The Bertz CT molecular complexity index is 484. The third-order valence-electron chi connectivity index (χ3n) is 3.11. The van der Waals surface area contributed by atoms with Gasteiger partial charge in [-0.05, 0) is 44.0 Å². The minimum absolute atomic E-state index is 0. The molecule has 1 aliphatic carbocycles. The molecule has 20 heavy (non-hydrogen) atoms. The van der Waals surface area contributed by atoms with Gasteiger partial charge in [-0.2, -0.15) is 0 Å². The van der Waals surface area contributed by atoms with Crippen LogP contribution in [0.15, 0.2) is 29.3 Å². The maximum atomic E-state index is 11.5. The predicted molar refractivity (Wildman–Crippen MR) is 84.3 cm³/mol. The molecular formula is C14H20ClN3O2. The summed E-state index contributed by atoms with van der Waals surface area (Å²) in [5, 5.41) is 2.71. The molecular weight excluding hydrogens is 278 g/mol. The summed E-state index contributed by atoms with van der Waals surface area (Å²) in [5.74, 6) is 0.925. The summed E-state index contributed by atoms with van der Waals surface area (Å²) in [6.07, 6.45) is 1.70. The standard InChI is InChI=1S/C14H19N3O2.ClH/c1-10(15-2)17(3)12-6-4-11(5-7-12)16-14(18)19-13-8-9-13;/h4-7,13H,8-9H2,1-3H3,(H,16,18);1H. The van der Waals surface area contributed by atoms with Crippen LogP contribution in [0.1, 0.15) is 19.8 Å². The van der Waals surface area contributed by atoms with Crippen molar-refractivity contribution in [3.8, 4) is 0 Å². The number of carbonyl (C=O) groups is 1. The lowest BCUT2D eigenvalue weighted by Gasteiger charge is -2.18. The van der Waals surface area contributed by atoms with Crippen LogP contribution < -0.4 is 10.2 Å². The Labute approximate surface area is 125 Å². The molecule has 0 atom stereocenters.